The Morgan fingerprint density at radius 3 is 2.56 bits per heavy atom. The highest BCUT2D eigenvalue weighted by Gasteiger charge is 2.43. The summed E-state index contributed by atoms with van der Waals surface area (Å²) < 4.78 is 30.9. The quantitative estimate of drug-likeness (QED) is 0.448. The molecule has 0 spiro atoms. The summed E-state index contributed by atoms with van der Waals surface area (Å²) in [6.45, 7) is 0.742. The zero-order chi connectivity index (χ0) is 29.6. The largest absolute Gasteiger partial charge is 0.417 e. The lowest BCUT2D eigenvalue weighted by Crippen LogP contribution is -2.49. The zero-order valence-corrected chi connectivity index (χ0v) is 23.8. The Morgan fingerprint density at radius 2 is 1.93 bits per heavy atom. The Hall–Kier alpha value is -3.77. The third kappa shape index (κ3) is 5.33. The van der Waals surface area contributed by atoms with Crippen LogP contribution >= 0.6 is 23.2 Å². The van der Waals surface area contributed by atoms with E-state index in [2.05, 4.69) is 20.1 Å². The molecule has 1 N–H and O–H groups in total. The zero-order valence-electron chi connectivity index (χ0n) is 22.3. The monoisotopic (exact) mass is 606 g/mol. The van der Waals surface area contributed by atoms with Crippen LogP contribution in [0.3, 0.4) is 0 Å². The fraction of sp³-hybridized carbons (Fsp3) is 0.370. The molecule has 0 bridgehead atoms. The van der Waals surface area contributed by atoms with Gasteiger partial charge in [0.25, 0.3) is 11.8 Å². The molecule has 3 amide bonds. The highest BCUT2D eigenvalue weighted by atomic mass is 35.5. The number of rotatable bonds is 6. The molecule has 0 saturated heterocycles. The van der Waals surface area contributed by atoms with Gasteiger partial charge in [-0.15, -0.1) is 0 Å². The van der Waals surface area contributed by atoms with E-state index in [4.69, 9.17) is 23.2 Å². The van der Waals surface area contributed by atoms with Crippen molar-refractivity contribution in [3.63, 3.8) is 0 Å². The number of ether oxygens (including phenoxy) is 1. The van der Waals surface area contributed by atoms with E-state index in [9.17, 15) is 23.2 Å². The molecular formula is C27H26Cl2F2N6O4. The number of carbonyl (C=O) groups excluding carboxylic acids is 3. The fourth-order valence-electron chi connectivity index (χ4n) is 5.24. The number of fused-ring (bicyclic) bond motifs is 3. The molecular weight excluding hydrogens is 581 g/mol. The van der Waals surface area contributed by atoms with Crippen molar-refractivity contribution >= 4 is 40.9 Å². The SMILES string of the molecule is CNC(=O)[C@@H]1CN([C@H](C)c2ccc(OC(F)F)nc2)C(=O)c2c3c(nn21)C[C@@H](C)N(C(=O)c1ccc(Cl)c(Cl)c1)C3. The number of nitrogens with one attached hydrogen (secondary N) is 1. The summed E-state index contributed by atoms with van der Waals surface area (Å²) in [5.74, 6) is -1.26. The van der Waals surface area contributed by atoms with Crippen LogP contribution in [0, 0.1) is 0 Å². The van der Waals surface area contributed by atoms with Crippen LogP contribution in [0.1, 0.15) is 63.6 Å². The maximum atomic E-state index is 14.0. The van der Waals surface area contributed by atoms with Gasteiger partial charge in [-0.3, -0.25) is 14.4 Å². The molecule has 0 unspecified atom stereocenters. The van der Waals surface area contributed by atoms with Crippen molar-refractivity contribution in [1.29, 1.82) is 0 Å². The second-order valence-corrected chi connectivity index (χ2v) is 10.7. The van der Waals surface area contributed by atoms with Crippen LogP contribution in [0.2, 0.25) is 10.0 Å². The van der Waals surface area contributed by atoms with Crippen molar-refractivity contribution in [3.05, 3.63) is 74.7 Å². The lowest BCUT2D eigenvalue weighted by atomic mass is 9.96. The van der Waals surface area contributed by atoms with E-state index in [1.165, 1.54) is 41.0 Å². The average molecular weight is 607 g/mol. The summed E-state index contributed by atoms with van der Waals surface area (Å²) in [5.41, 5.74) is 2.33. The number of hydrogen-bond donors (Lipinski definition) is 1. The number of alkyl halides is 2. The lowest BCUT2D eigenvalue weighted by Gasteiger charge is -2.37. The number of amides is 3. The number of carbonyl (C=O) groups is 3. The van der Waals surface area contributed by atoms with Gasteiger partial charge in [0, 0.05) is 42.9 Å². The molecule has 2 aliphatic rings. The number of aromatic nitrogens is 3. The summed E-state index contributed by atoms with van der Waals surface area (Å²) in [7, 11) is 1.50. The van der Waals surface area contributed by atoms with Gasteiger partial charge in [0.2, 0.25) is 11.8 Å². The average Bonchev–Trinajstić information content (AvgIpc) is 3.31. The first-order valence-electron chi connectivity index (χ1n) is 12.8. The van der Waals surface area contributed by atoms with Crippen LogP contribution in [-0.4, -0.2) is 68.5 Å². The van der Waals surface area contributed by atoms with E-state index in [1.807, 2.05) is 6.92 Å². The Balaban J connectivity index is 1.50. The minimum atomic E-state index is -3.01. The van der Waals surface area contributed by atoms with Gasteiger partial charge >= 0.3 is 6.61 Å². The van der Waals surface area contributed by atoms with Gasteiger partial charge in [0.1, 0.15) is 11.7 Å². The summed E-state index contributed by atoms with van der Waals surface area (Å²) >= 11 is 12.2. The summed E-state index contributed by atoms with van der Waals surface area (Å²) in [5, 5.41) is 7.89. The first-order valence-corrected chi connectivity index (χ1v) is 13.5. The van der Waals surface area contributed by atoms with Gasteiger partial charge in [0.15, 0.2) is 0 Å². The van der Waals surface area contributed by atoms with Gasteiger partial charge in [0.05, 0.1) is 34.9 Å². The molecule has 2 aromatic heterocycles. The summed E-state index contributed by atoms with van der Waals surface area (Å²) in [6.07, 6.45) is 1.73. The third-order valence-corrected chi connectivity index (χ3v) is 8.20. The van der Waals surface area contributed by atoms with Crippen molar-refractivity contribution in [3.8, 4) is 5.88 Å². The van der Waals surface area contributed by atoms with Crippen LogP contribution in [0.15, 0.2) is 36.5 Å². The molecule has 4 heterocycles. The first-order chi connectivity index (χ1) is 19.5. The Bertz CT molecular complexity index is 1520. The lowest BCUT2D eigenvalue weighted by molar-refractivity contribution is -0.125. The molecule has 1 aromatic carbocycles. The Kier molecular flexibility index (Phi) is 7.89. The number of hydrogen-bond acceptors (Lipinski definition) is 6. The molecule has 3 atom stereocenters. The van der Waals surface area contributed by atoms with E-state index < -0.39 is 18.7 Å². The molecule has 10 nitrogen and oxygen atoms in total. The molecule has 0 fully saturated rings. The summed E-state index contributed by atoms with van der Waals surface area (Å²) in [6, 6.07) is 5.84. The van der Waals surface area contributed by atoms with Crippen LogP contribution in [-0.2, 0) is 17.8 Å². The van der Waals surface area contributed by atoms with Gasteiger partial charge in [-0.05, 0) is 37.6 Å². The molecule has 216 valence electrons. The van der Waals surface area contributed by atoms with Crippen LogP contribution < -0.4 is 10.1 Å². The van der Waals surface area contributed by atoms with E-state index in [1.54, 1.807) is 24.0 Å². The molecule has 2 aliphatic heterocycles. The molecule has 5 rings (SSSR count). The number of nitrogens with zero attached hydrogens (tertiary/aromatic N) is 5. The van der Waals surface area contributed by atoms with Crippen LogP contribution in [0.5, 0.6) is 5.88 Å². The molecule has 0 aliphatic carbocycles. The highest BCUT2D eigenvalue weighted by molar-refractivity contribution is 6.42. The normalized spacial score (nSPS) is 19.1. The number of benzene rings is 1. The maximum Gasteiger partial charge on any atom is 0.388 e. The van der Waals surface area contributed by atoms with Crippen molar-refractivity contribution in [2.75, 3.05) is 13.6 Å². The number of halogens is 4. The number of likely N-dealkylation sites (N-methyl/N-ethyl adjacent to an activating group) is 1. The minimum Gasteiger partial charge on any atom is -0.417 e. The first kappa shape index (κ1) is 28.7. The smallest absolute Gasteiger partial charge is 0.388 e. The standard InChI is InChI=1S/C27H26Cl2F2N6O4/c1-13-8-20-17(11-35(13)25(39)15-4-6-18(28)19(29)9-15)23-26(40)36(12-21(24(38)32-3)37(23)34-20)14(2)16-5-7-22(33-10-16)41-27(30)31/h4-7,9-10,13-14,21,27H,8,11-12H2,1-3H3,(H,32,38)/t13-,14-,21+/m1/s1. The van der Waals surface area contributed by atoms with E-state index in [0.29, 0.717) is 33.8 Å². The van der Waals surface area contributed by atoms with Gasteiger partial charge < -0.3 is 19.9 Å². The maximum absolute atomic E-state index is 14.0. The van der Waals surface area contributed by atoms with Crippen LogP contribution in [0.25, 0.3) is 0 Å². The number of pyridine rings is 1. The molecule has 14 heteroatoms. The second-order valence-electron chi connectivity index (χ2n) is 9.91. The van der Waals surface area contributed by atoms with Crippen molar-refractivity contribution in [2.24, 2.45) is 0 Å². The highest BCUT2D eigenvalue weighted by Crippen LogP contribution is 2.36. The predicted octanol–water partition coefficient (Wildman–Crippen LogP) is 4.28. The minimum absolute atomic E-state index is 0.0178. The van der Waals surface area contributed by atoms with Gasteiger partial charge in [-0.2, -0.15) is 13.9 Å². The molecule has 0 radical (unpaired) electrons. The van der Waals surface area contributed by atoms with E-state index in [-0.39, 0.29) is 53.4 Å². The van der Waals surface area contributed by atoms with Gasteiger partial charge in [-0.25, -0.2) is 9.67 Å². The molecule has 0 saturated carbocycles. The fourth-order valence-corrected chi connectivity index (χ4v) is 5.54. The third-order valence-electron chi connectivity index (χ3n) is 7.46. The van der Waals surface area contributed by atoms with E-state index in [0.717, 1.165) is 0 Å². The van der Waals surface area contributed by atoms with Crippen molar-refractivity contribution < 1.29 is 27.9 Å². The molecule has 41 heavy (non-hydrogen) atoms. The Labute approximate surface area is 244 Å². The van der Waals surface area contributed by atoms with Crippen LogP contribution in [0.4, 0.5) is 8.78 Å². The second kappa shape index (κ2) is 11.2. The van der Waals surface area contributed by atoms with Crippen molar-refractivity contribution in [1.82, 2.24) is 29.9 Å². The van der Waals surface area contributed by atoms with Gasteiger partial charge in [-0.1, -0.05) is 29.3 Å². The Morgan fingerprint density at radius 1 is 1.17 bits per heavy atom. The summed E-state index contributed by atoms with van der Waals surface area (Å²) in [4.78, 5) is 47.6. The van der Waals surface area contributed by atoms with E-state index >= 15 is 0 Å². The predicted molar refractivity (Wildman–Crippen MR) is 145 cm³/mol. The van der Waals surface area contributed by atoms with Crippen molar-refractivity contribution in [2.45, 2.75) is 51.6 Å². The molecule has 3 aromatic rings. The topological polar surface area (TPSA) is 110 Å².